The topological polar surface area (TPSA) is 64.6 Å². The molecule has 2 atom stereocenters. The molecule has 0 fully saturated rings. The summed E-state index contributed by atoms with van der Waals surface area (Å²) < 4.78 is 9.84. The van der Waals surface area contributed by atoms with Crippen LogP contribution in [-0.2, 0) is 20.9 Å². The summed E-state index contributed by atoms with van der Waals surface area (Å²) in [5.74, 6) is -0.542. The number of benzene rings is 1. The van der Waals surface area contributed by atoms with Gasteiger partial charge < -0.3 is 14.8 Å². The van der Waals surface area contributed by atoms with E-state index >= 15 is 0 Å². The van der Waals surface area contributed by atoms with E-state index in [4.69, 9.17) is 9.47 Å². The quantitative estimate of drug-likeness (QED) is 0.827. The average molecular weight is 264 g/mol. The van der Waals surface area contributed by atoms with Crippen molar-refractivity contribution in [3.8, 4) is 0 Å². The van der Waals surface area contributed by atoms with E-state index < -0.39 is 24.2 Å². The van der Waals surface area contributed by atoms with E-state index in [0.29, 0.717) is 0 Å². The van der Waals surface area contributed by atoms with Crippen molar-refractivity contribution < 1.29 is 19.1 Å². The highest BCUT2D eigenvalue weighted by Crippen LogP contribution is 2.01. The number of rotatable bonds is 5. The van der Waals surface area contributed by atoms with Crippen LogP contribution < -0.4 is 5.32 Å². The number of hydrogen-bond donors (Lipinski definition) is 1. The van der Waals surface area contributed by atoms with Crippen molar-refractivity contribution in [2.75, 3.05) is 0 Å². The van der Waals surface area contributed by atoms with Gasteiger partial charge in [0.1, 0.15) is 12.6 Å². The van der Waals surface area contributed by atoms with Crippen LogP contribution in [0, 0.1) is 6.92 Å². The molecule has 1 radical (unpaired) electrons. The first-order chi connectivity index (χ1) is 8.99. The third-order valence-corrected chi connectivity index (χ3v) is 2.22. The fourth-order valence-electron chi connectivity index (χ4n) is 1.30. The molecule has 0 spiro atoms. The summed E-state index contributed by atoms with van der Waals surface area (Å²) in [5.41, 5.74) is 0.874. The summed E-state index contributed by atoms with van der Waals surface area (Å²) in [7, 11) is 0. The minimum absolute atomic E-state index is 0.153. The number of ether oxygens (including phenoxy) is 2. The Kier molecular flexibility index (Phi) is 5.85. The van der Waals surface area contributed by atoms with Crippen LogP contribution in [-0.4, -0.2) is 24.2 Å². The van der Waals surface area contributed by atoms with E-state index in [1.807, 2.05) is 30.3 Å². The Hall–Kier alpha value is -2.04. The number of nitrogens with one attached hydrogen (secondary N) is 1. The number of alkyl carbamates (subject to hydrolysis) is 1. The molecule has 0 aliphatic heterocycles. The molecule has 0 heterocycles. The number of esters is 1. The van der Waals surface area contributed by atoms with Gasteiger partial charge in [-0.05, 0) is 26.3 Å². The van der Waals surface area contributed by atoms with Gasteiger partial charge >= 0.3 is 12.1 Å². The molecule has 1 aromatic rings. The van der Waals surface area contributed by atoms with Gasteiger partial charge in [-0.15, -0.1) is 0 Å². The lowest BCUT2D eigenvalue weighted by atomic mass is 10.2. The lowest BCUT2D eigenvalue weighted by Crippen LogP contribution is -2.40. The summed E-state index contributed by atoms with van der Waals surface area (Å²) >= 11 is 0. The van der Waals surface area contributed by atoms with Crippen LogP contribution in [0.15, 0.2) is 30.3 Å². The number of hydrogen-bond acceptors (Lipinski definition) is 4. The first-order valence-electron chi connectivity index (χ1n) is 6.00. The fraction of sp³-hybridized carbons (Fsp3) is 0.357. The highest BCUT2D eigenvalue weighted by atomic mass is 16.6. The zero-order chi connectivity index (χ0) is 14.3. The van der Waals surface area contributed by atoms with Crippen molar-refractivity contribution in [1.82, 2.24) is 5.32 Å². The zero-order valence-electron chi connectivity index (χ0n) is 11.1. The second-order valence-corrected chi connectivity index (χ2v) is 4.18. The Morgan fingerprint density at radius 3 is 2.47 bits per heavy atom. The molecule has 5 heteroatoms. The molecule has 103 valence electrons. The van der Waals surface area contributed by atoms with Crippen LogP contribution in [0.25, 0.3) is 0 Å². The lowest BCUT2D eigenvalue weighted by Gasteiger charge is -2.15. The Morgan fingerprint density at radius 2 is 1.89 bits per heavy atom. The molecule has 1 rings (SSSR count). The van der Waals surface area contributed by atoms with Crippen molar-refractivity contribution in [3.63, 3.8) is 0 Å². The maximum absolute atomic E-state index is 11.5. The number of carbonyl (C=O) groups is 2. The normalized spacial score (nSPS) is 11.8. The molecule has 0 bridgehead atoms. The second kappa shape index (κ2) is 7.41. The summed E-state index contributed by atoms with van der Waals surface area (Å²) in [5, 5.41) is 2.39. The summed E-state index contributed by atoms with van der Waals surface area (Å²) in [4.78, 5) is 22.9. The van der Waals surface area contributed by atoms with E-state index in [1.165, 1.54) is 6.92 Å². The van der Waals surface area contributed by atoms with Crippen LogP contribution in [0.2, 0.25) is 0 Å². The largest absolute Gasteiger partial charge is 0.461 e. The van der Waals surface area contributed by atoms with Crippen molar-refractivity contribution >= 4 is 12.1 Å². The monoisotopic (exact) mass is 264 g/mol. The van der Waals surface area contributed by atoms with Crippen LogP contribution in [0.5, 0.6) is 0 Å². The van der Waals surface area contributed by atoms with Gasteiger partial charge in [0.15, 0.2) is 0 Å². The molecule has 0 saturated carbocycles. The van der Waals surface area contributed by atoms with Gasteiger partial charge in [-0.25, -0.2) is 9.59 Å². The van der Waals surface area contributed by atoms with Crippen LogP contribution in [0.3, 0.4) is 0 Å². The second-order valence-electron chi connectivity index (χ2n) is 4.18. The maximum atomic E-state index is 11.5. The number of amides is 1. The first kappa shape index (κ1) is 15.0. The lowest BCUT2D eigenvalue weighted by molar-refractivity contribution is -0.148. The van der Waals surface area contributed by atoms with Gasteiger partial charge in [0.05, 0.1) is 6.10 Å². The molecule has 5 nitrogen and oxygen atoms in total. The Morgan fingerprint density at radius 1 is 1.26 bits per heavy atom. The maximum Gasteiger partial charge on any atom is 0.408 e. The first-order valence-corrected chi connectivity index (χ1v) is 6.00. The van der Waals surface area contributed by atoms with Gasteiger partial charge in [-0.1, -0.05) is 30.3 Å². The van der Waals surface area contributed by atoms with Crippen molar-refractivity contribution in [1.29, 1.82) is 0 Å². The van der Waals surface area contributed by atoms with E-state index in [0.717, 1.165) is 5.56 Å². The van der Waals surface area contributed by atoms with Gasteiger partial charge in [-0.3, -0.25) is 0 Å². The molecule has 0 aromatic heterocycles. The number of carbonyl (C=O) groups excluding carboxylic acids is 2. The molecule has 2 unspecified atom stereocenters. The third kappa shape index (κ3) is 5.90. The van der Waals surface area contributed by atoms with E-state index in [1.54, 1.807) is 6.92 Å². The Balaban J connectivity index is 2.33. The smallest absolute Gasteiger partial charge is 0.408 e. The molecule has 0 aliphatic rings. The molecule has 1 aromatic carbocycles. The average Bonchev–Trinajstić information content (AvgIpc) is 2.36. The van der Waals surface area contributed by atoms with Crippen molar-refractivity contribution in [2.24, 2.45) is 0 Å². The van der Waals surface area contributed by atoms with E-state index in [2.05, 4.69) is 12.2 Å². The molecule has 0 saturated heterocycles. The molecule has 19 heavy (non-hydrogen) atoms. The highest BCUT2D eigenvalue weighted by molar-refractivity contribution is 5.81. The molecule has 1 amide bonds. The van der Waals surface area contributed by atoms with Crippen LogP contribution in [0.4, 0.5) is 4.79 Å². The van der Waals surface area contributed by atoms with Crippen LogP contribution >= 0.6 is 0 Å². The summed E-state index contributed by atoms with van der Waals surface area (Å²) in [6, 6.07) is 8.50. The predicted octanol–water partition coefficient (Wildman–Crippen LogP) is 2.07. The summed E-state index contributed by atoms with van der Waals surface area (Å²) in [6.45, 7) is 6.84. The third-order valence-electron chi connectivity index (χ3n) is 2.22. The van der Waals surface area contributed by atoms with E-state index in [-0.39, 0.29) is 6.61 Å². The minimum Gasteiger partial charge on any atom is -0.461 e. The molecular weight excluding hydrogens is 246 g/mol. The predicted molar refractivity (Wildman–Crippen MR) is 70.1 cm³/mol. The molecule has 1 N–H and O–H groups in total. The molecular formula is C14H18NO4. The van der Waals surface area contributed by atoms with Crippen molar-refractivity contribution in [3.05, 3.63) is 42.8 Å². The standard InChI is InChI=1S/C14H18NO4/c1-10(2)19-13(16)11(3)15-14(17)18-9-12-7-5-4-6-8-12/h4-8,10-11H,1,9H2,2-3H3,(H,15,17). The van der Waals surface area contributed by atoms with Crippen LogP contribution in [0.1, 0.15) is 19.4 Å². The van der Waals surface area contributed by atoms with Gasteiger partial charge in [-0.2, -0.15) is 0 Å². The SMILES string of the molecule is [CH2]C(C)OC(=O)C(C)NC(=O)OCc1ccccc1. The van der Waals surface area contributed by atoms with Gasteiger partial charge in [0.2, 0.25) is 0 Å². The van der Waals surface area contributed by atoms with Gasteiger partial charge in [0, 0.05) is 0 Å². The zero-order valence-corrected chi connectivity index (χ0v) is 11.1. The fourth-order valence-corrected chi connectivity index (χ4v) is 1.30. The van der Waals surface area contributed by atoms with Crippen molar-refractivity contribution in [2.45, 2.75) is 32.6 Å². The van der Waals surface area contributed by atoms with Gasteiger partial charge in [0.25, 0.3) is 0 Å². The summed E-state index contributed by atoms with van der Waals surface area (Å²) in [6.07, 6.45) is -1.12. The molecule has 0 aliphatic carbocycles. The Bertz CT molecular complexity index is 417. The Labute approximate surface area is 112 Å². The van der Waals surface area contributed by atoms with E-state index in [9.17, 15) is 9.59 Å². The highest BCUT2D eigenvalue weighted by Gasteiger charge is 2.18. The minimum atomic E-state index is -0.771.